The molecule has 0 saturated carbocycles. The number of methoxy groups -OCH3 is 1. The van der Waals surface area contributed by atoms with Crippen molar-refractivity contribution in [1.82, 2.24) is 4.31 Å². The summed E-state index contributed by atoms with van der Waals surface area (Å²) in [4.78, 5) is 11.2. The summed E-state index contributed by atoms with van der Waals surface area (Å²) >= 11 is 0. The maximum Gasteiger partial charge on any atom is 0.336 e. The predicted molar refractivity (Wildman–Crippen MR) is 57.3 cm³/mol. The summed E-state index contributed by atoms with van der Waals surface area (Å²) in [7, 11) is -2.50. The lowest BCUT2D eigenvalue weighted by atomic mass is 10.3. The molecule has 2 atom stereocenters. The van der Waals surface area contributed by atoms with Gasteiger partial charge in [-0.05, 0) is 6.92 Å². The number of hydrogen-bond acceptors (Lipinski definition) is 6. The maximum atomic E-state index is 11.9. The Morgan fingerprint density at radius 3 is 2.82 bits per heavy atom. The Balaban J connectivity index is 2.81. The number of carbonyl (C=O) groups excluding carboxylic acids is 1. The van der Waals surface area contributed by atoms with Crippen LogP contribution in [0.3, 0.4) is 0 Å². The molecule has 0 aromatic heterocycles. The van der Waals surface area contributed by atoms with E-state index < -0.39 is 27.3 Å². The summed E-state index contributed by atoms with van der Waals surface area (Å²) < 4.78 is 34.4. The topological polar surface area (TPSA) is 96.7 Å². The van der Waals surface area contributed by atoms with Crippen molar-refractivity contribution in [2.75, 3.05) is 26.8 Å². The normalized spacial score (nSPS) is 23.7. The lowest BCUT2D eigenvalue weighted by molar-refractivity contribution is -0.157. The Kier molecular flexibility index (Phi) is 4.45. The molecule has 0 aliphatic carbocycles. The van der Waals surface area contributed by atoms with Crippen LogP contribution >= 0.6 is 0 Å². The zero-order valence-electron chi connectivity index (χ0n) is 9.62. The van der Waals surface area contributed by atoms with Gasteiger partial charge in [0, 0.05) is 6.54 Å². The second-order valence-electron chi connectivity index (χ2n) is 3.56. The van der Waals surface area contributed by atoms with Crippen LogP contribution in [0.1, 0.15) is 6.92 Å². The number of nitrogens with zero attached hydrogens (tertiary/aromatic N) is 2. The van der Waals surface area contributed by atoms with Gasteiger partial charge in [0.15, 0.2) is 11.4 Å². The second kappa shape index (κ2) is 5.44. The van der Waals surface area contributed by atoms with Crippen LogP contribution < -0.4 is 0 Å². The lowest BCUT2D eigenvalue weighted by Crippen LogP contribution is -2.50. The fourth-order valence-corrected chi connectivity index (χ4v) is 2.67. The third kappa shape index (κ3) is 2.94. The standard InChI is InChI=1S/C9H14N2O5S/c1-7(5-10)17(13,14)11-3-4-16-8(6-11)9(12)15-2/h7-8H,3-4,6H2,1-2H3. The highest BCUT2D eigenvalue weighted by atomic mass is 32.2. The molecule has 1 heterocycles. The van der Waals surface area contributed by atoms with Gasteiger partial charge in [-0.1, -0.05) is 0 Å². The van der Waals surface area contributed by atoms with E-state index in [1.54, 1.807) is 6.07 Å². The van der Waals surface area contributed by atoms with Gasteiger partial charge in [-0.2, -0.15) is 9.57 Å². The molecular weight excluding hydrogens is 248 g/mol. The van der Waals surface area contributed by atoms with E-state index in [9.17, 15) is 13.2 Å². The fraction of sp³-hybridized carbons (Fsp3) is 0.778. The highest BCUT2D eigenvalue weighted by molar-refractivity contribution is 7.89. The summed E-state index contributed by atoms with van der Waals surface area (Å²) in [6, 6.07) is 1.67. The first kappa shape index (κ1) is 13.9. The molecule has 0 spiro atoms. The number of ether oxygens (including phenoxy) is 2. The molecule has 1 rings (SSSR count). The molecule has 0 radical (unpaired) electrons. The third-order valence-electron chi connectivity index (χ3n) is 2.48. The van der Waals surface area contributed by atoms with Gasteiger partial charge in [-0.25, -0.2) is 13.2 Å². The number of esters is 1. The largest absolute Gasteiger partial charge is 0.467 e. The van der Waals surface area contributed by atoms with Crippen LogP contribution in [-0.2, 0) is 24.3 Å². The maximum absolute atomic E-state index is 11.9. The van der Waals surface area contributed by atoms with Crippen molar-refractivity contribution < 1.29 is 22.7 Å². The molecular formula is C9H14N2O5S. The molecule has 8 heteroatoms. The molecule has 1 aliphatic rings. The number of nitriles is 1. The predicted octanol–water partition coefficient (Wildman–Crippen LogP) is -0.898. The smallest absolute Gasteiger partial charge is 0.336 e. The van der Waals surface area contributed by atoms with E-state index in [2.05, 4.69) is 4.74 Å². The molecule has 1 saturated heterocycles. The minimum atomic E-state index is -3.70. The van der Waals surface area contributed by atoms with Gasteiger partial charge in [-0.15, -0.1) is 0 Å². The van der Waals surface area contributed by atoms with Crippen LogP contribution in [0.4, 0.5) is 0 Å². The van der Waals surface area contributed by atoms with Gasteiger partial charge in [0.05, 0.1) is 26.3 Å². The summed E-state index contributed by atoms with van der Waals surface area (Å²) in [5.41, 5.74) is 0. The van der Waals surface area contributed by atoms with Crippen LogP contribution in [0.25, 0.3) is 0 Å². The highest BCUT2D eigenvalue weighted by Crippen LogP contribution is 2.14. The Morgan fingerprint density at radius 2 is 2.29 bits per heavy atom. The highest BCUT2D eigenvalue weighted by Gasteiger charge is 2.36. The number of sulfonamides is 1. The molecule has 0 bridgehead atoms. The molecule has 1 fully saturated rings. The monoisotopic (exact) mass is 262 g/mol. The molecule has 0 amide bonds. The molecule has 0 aromatic rings. The van der Waals surface area contributed by atoms with Crippen LogP contribution in [0.15, 0.2) is 0 Å². The molecule has 17 heavy (non-hydrogen) atoms. The number of rotatable bonds is 3. The molecule has 96 valence electrons. The van der Waals surface area contributed by atoms with Gasteiger partial charge >= 0.3 is 5.97 Å². The van der Waals surface area contributed by atoms with Crippen molar-refractivity contribution >= 4 is 16.0 Å². The van der Waals surface area contributed by atoms with E-state index in [0.29, 0.717) is 0 Å². The zero-order valence-corrected chi connectivity index (χ0v) is 10.4. The van der Waals surface area contributed by atoms with Crippen molar-refractivity contribution in [1.29, 1.82) is 5.26 Å². The summed E-state index contributed by atoms with van der Waals surface area (Å²) in [5.74, 6) is -0.616. The van der Waals surface area contributed by atoms with Gasteiger partial charge < -0.3 is 9.47 Å². The van der Waals surface area contributed by atoms with E-state index in [0.717, 1.165) is 4.31 Å². The average molecular weight is 262 g/mol. The summed E-state index contributed by atoms with van der Waals surface area (Å²) in [6.45, 7) is 1.44. The molecule has 0 N–H and O–H groups in total. The van der Waals surface area contributed by atoms with Crippen molar-refractivity contribution in [2.24, 2.45) is 0 Å². The quantitative estimate of drug-likeness (QED) is 0.612. The van der Waals surface area contributed by atoms with E-state index in [1.165, 1.54) is 14.0 Å². The van der Waals surface area contributed by atoms with Gasteiger partial charge in [-0.3, -0.25) is 0 Å². The van der Waals surface area contributed by atoms with Gasteiger partial charge in [0.2, 0.25) is 10.0 Å². The minimum absolute atomic E-state index is 0.108. The van der Waals surface area contributed by atoms with Gasteiger partial charge in [0.1, 0.15) is 0 Å². The average Bonchev–Trinajstić information content (AvgIpc) is 2.36. The molecule has 7 nitrogen and oxygen atoms in total. The van der Waals surface area contributed by atoms with Crippen LogP contribution in [0.5, 0.6) is 0 Å². The molecule has 1 aliphatic heterocycles. The second-order valence-corrected chi connectivity index (χ2v) is 5.81. The van der Waals surface area contributed by atoms with Crippen LogP contribution in [-0.4, -0.2) is 56.9 Å². The molecule has 0 aromatic carbocycles. The minimum Gasteiger partial charge on any atom is -0.467 e. The van der Waals surface area contributed by atoms with E-state index in [1.807, 2.05) is 0 Å². The summed E-state index contributed by atoms with van der Waals surface area (Å²) in [6.07, 6.45) is -0.922. The van der Waals surface area contributed by atoms with Crippen molar-refractivity contribution in [3.63, 3.8) is 0 Å². The Labute approximate surface area is 100.0 Å². The first-order valence-electron chi connectivity index (χ1n) is 5.01. The van der Waals surface area contributed by atoms with E-state index in [-0.39, 0.29) is 19.7 Å². The van der Waals surface area contributed by atoms with Crippen molar-refractivity contribution in [3.8, 4) is 6.07 Å². The van der Waals surface area contributed by atoms with Gasteiger partial charge in [0.25, 0.3) is 0 Å². The zero-order chi connectivity index (χ0) is 13.1. The van der Waals surface area contributed by atoms with Crippen LogP contribution in [0.2, 0.25) is 0 Å². The lowest BCUT2D eigenvalue weighted by Gasteiger charge is -2.31. The Hall–Kier alpha value is -1.17. The van der Waals surface area contributed by atoms with E-state index >= 15 is 0 Å². The van der Waals surface area contributed by atoms with Crippen LogP contribution in [0, 0.1) is 11.3 Å². The Bertz CT molecular complexity index is 427. The van der Waals surface area contributed by atoms with Crippen molar-refractivity contribution in [3.05, 3.63) is 0 Å². The first-order chi connectivity index (χ1) is 7.93. The fourth-order valence-electron chi connectivity index (χ4n) is 1.42. The number of morpholine rings is 1. The third-order valence-corrected chi connectivity index (χ3v) is 4.53. The number of hydrogen-bond donors (Lipinski definition) is 0. The Morgan fingerprint density at radius 1 is 1.65 bits per heavy atom. The first-order valence-corrected chi connectivity index (χ1v) is 6.51. The SMILES string of the molecule is COC(=O)C1CN(S(=O)(=O)C(C)C#N)CCO1. The van der Waals surface area contributed by atoms with E-state index in [4.69, 9.17) is 10.00 Å². The molecule has 2 unspecified atom stereocenters. The number of carbonyl (C=O) groups is 1. The van der Waals surface area contributed by atoms with Crippen molar-refractivity contribution in [2.45, 2.75) is 18.3 Å². The summed E-state index contributed by atoms with van der Waals surface area (Å²) in [5, 5.41) is 7.50.